The van der Waals surface area contributed by atoms with Crippen LogP contribution in [0.5, 0.6) is 0 Å². The van der Waals surface area contributed by atoms with Gasteiger partial charge in [-0.15, -0.1) is 0 Å². The molecular formula is C19H28N4O. The largest absolute Gasteiger partial charge is 0.355 e. The predicted octanol–water partition coefficient (Wildman–Crippen LogP) is 2.66. The number of hydrogen-bond acceptors (Lipinski definition) is 3. The molecule has 24 heavy (non-hydrogen) atoms. The first-order chi connectivity index (χ1) is 11.6. The second-order valence-corrected chi connectivity index (χ2v) is 7.10. The standard InChI is InChI=1S/C19H28N4O/c1-13(2)23-17-7-5-4-6-16(17)22-18(23)9-11-21-19(24)15-8-10-20-14(3)12-15/h4-7,13-15,20H,8-12H2,1-3H3,(H,21,24)/t14-,15-/m0/s1. The number of para-hydroxylation sites is 2. The molecule has 0 unspecified atom stereocenters. The maximum absolute atomic E-state index is 12.4. The summed E-state index contributed by atoms with van der Waals surface area (Å²) in [6.45, 7) is 8.07. The Kier molecular flexibility index (Phi) is 5.19. The van der Waals surface area contributed by atoms with Crippen LogP contribution < -0.4 is 10.6 Å². The first kappa shape index (κ1) is 17.0. The van der Waals surface area contributed by atoms with E-state index in [1.54, 1.807) is 0 Å². The van der Waals surface area contributed by atoms with E-state index in [2.05, 4.69) is 42.0 Å². The van der Waals surface area contributed by atoms with E-state index in [1.165, 1.54) is 5.52 Å². The van der Waals surface area contributed by atoms with Gasteiger partial charge in [-0.2, -0.15) is 0 Å². The van der Waals surface area contributed by atoms with E-state index < -0.39 is 0 Å². The van der Waals surface area contributed by atoms with Crippen LogP contribution in [0.3, 0.4) is 0 Å². The topological polar surface area (TPSA) is 59.0 Å². The highest BCUT2D eigenvalue weighted by molar-refractivity contribution is 5.79. The maximum atomic E-state index is 12.4. The number of carbonyl (C=O) groups excluding carboxylic acids is 1. The molecule has 1 amide bonds. The van der Waals surface area contributed by atoms with Gasteiger partial charge < -0.3 is 15.2 Å². The van der Waals surface area contributed by atoms with E-state index in [9.17, 15) is 4.79 Å². The van der Waals surface area contributed by atoms with Crippen LogP contribution in [-0.2, 0) is 11.2 Å². The SMILES string of the molecule is CC(C)n1c(CCNC(=O)[C@H]2CCN[C@@H](C)C2)nc2ccccc21. The number of rotatable bonds is 5. The number of amides is 1. The summed E-state index contributed by atoms with van der Waals surface area (Å²) >= 11 is 0. The van der Waals surface area contributed by atoms with Gasteiger partial charge in [0.15, 0.2) is 0 Å². The molecule has 1 fully saturated rings. The molecule has 0 bridgehead atoms. The summed E-state index contributed by atoms with van der Waals surface area (Å²) in [5.74, 6) is 1.38. The zero-order valence-corrected chi connectivity index (χ0v) is 14.9. The average Bonchev–Trinajstić information content (AvgIpc) is 2.93. The Morgan fingerprint density at radius 1 is 1.42 bits per heavy atom. The molecule has 2 aromatic rings. The first-order valence-corrected chi connectivity index (χ1v) is 9.03. The molecule has 0 radical (unpaired) electrons. The predicted molar refractivity (Wildman–Crippen MR) is 97.0 cm³/mol. The van der Waals surface area contributed by atoms with Crippen molar-refractivity contribution in [2.75, 3.05) is 13.1 Å². The Bertz CT molecular complexity index is 706. The van der Waals surface area contributed by atoms with Gasteiger partial charge in [0.25, 0.3) is 0 Å². The Balaban J connectivity index is 1.63. The van der Waals surface area contributed by atoms with E-state index in [4.69, 9.17) is 4.98 Å². The minimum Gasteiger partial charge on any atom is -0.355 e. The third-order valence-electron chi connectivity index (χ3n) is 4.83. The highest BCUT2D eigenvalue weighted by Crippen LogP contribution is 2.21. The van der Waals surface area contributed by atoms with Gasteiger partial charge in [-0.25, -0.2) is 4.98 Å². The number of fused-ring (bicyclic) bond motifs is 1. The van der Waals surface area contributed by atoms with Crippen molar-refractivity contribution >= 4 is 16.9 Å². The molecule has 0 spiro atoms. The number of hydrogen-bond donors (Lipinski definition) is 2. The molecule has 5 heteroatoms. The van der Waals surface area contributed by atoms with Gasteiger partial charge >= 0.3 is 0 Å². The fraction of sp³-hybridized carbons (Fsp3) is 0.579. The minimum absolute atomic E-state index is 0.144. The first-order valence-electron chi connectivity index (χ1n) is 9.03. The van der Waals surface area contributed by atoms with Gasteiger partial charge in [-0.05, 0) is 52.3 Å². The Morgan fingerprint density at radius 3 is 2.96 bits per heavy atom. The number of aromatic nitrogens is 2. The quantitative estimate of drug-likeness (QED) is 0.887. The van der Waals surface area contributed by atoms with Crippen LogP contribution in [0, 0.1) is 5.92 Å². The van der Waals surface area contributed by atoms with Crippen LogP contribution in [0.25, 0.3) is 11.0 Å². The van der Waals surface area contributed by atoms with Crippen molar-refractivity contribution in [3.63, 3.8) is 0 Å². The summed E-state index contributed by atoms with van der Waals surface area (Å²) in [6.07, 6.45) is 2.62. The molecule has 130 valence electrons. The number of imidazole rings is 1. The van der Waals surface area contributed by atoms with E-state index in [-0.39, 0.29) is 11.8 Å². The summed E-state index contributed by atoms with van der Waals surface area (Å²) in [7, 11) is 0. The molecule has 2 N–H and O–H groups in total. The fourth-order valence-corrected chi connectivity index (χ4v) is 3.66. The number of nitrogens with zero attached hydrogens (tertiary/aromatic N) is 2. The van der Waals surface area contributed by atoms with Gasteiger partial charge in [0.05, 0.1) is 11.0 Å². The molecule has 2 atom stereocenters. The normalized spacial score (nSPS) is 21.3. The van der Waals surface area contributed by atoms with Crippen molar-refractivity contribution in [3.8, 4) is 0 Å². The van der Waals surface area contributed by atoms with Gasteiger partial charge in [0.1, 0.15) is 5.82 Å². The van der Waals surface area contributed by atoms with E-state index in [0.29, 0.717) is 18.6 Å². The molecule has 3 rings (SSSR count). The molecule has 1 aromatic carbocycles. The van der Waals surface area contributed by atoms with E-state index in [0.717, 1.165) is 37.1 Å². The summed E-state index contributed by atoms with van der Waals surface area (Å²) in [5.41, 5.74) is 2.20. The number of carbonyl (C=O) groups is 1. The molecule has 1 aromatic heterocycles. The second kappa shape index (κ2) is 7.34. The molecule has 1 aliphatic heterocycles. The van der Waals surface area contributed by atoms with Crippen molar-refractivity contribution in [3.05, 3.63) is 30.1 Å². The van der Waals surface area contributed by atoms with Gasteiger partial charge in [0, 0.05) is 31.0 Å². The molecule has 2 heterocycles. The molecule has 0 aliphatic carbocycles. The lowest BCUT2D eigenvalue weighted by atomic mass is 9.92. The third-order valence-corrected chi connectivity index (χ3v) is 4.83. The van der Waals surface area contributed by atoms with Crippen LogP contribution >= 0.6 is 0 Å². The van der Waals surface area contributed by atoms with Crippen molar-refractivity contribution in [1.82, 2.24) is 20.2 Å². The molecule has 1 aliphatic rings. The molecule has 0 saturated carbocycles. The van der Waals surface area contributed by atoms with Crippen LogP contribution in [0.2, 0.25) is 0 Å². The highest BCUT2D eigenvalue weighted by atomic mass is 16.1. The molecule has 1 saturated heterocycles. The van der Waals surface area contributed by atoms with Crippen LogP contribution in [0.1, 0.15) is 45.5 Å². The summed E-state index contributed by atoms with van der Waals surface area (Å²) in [5, 5.41) is 6.50. The molecule has 5 nitrogen and oxygen atoms in total. The lowest BCUT2D eigenvalue weighted by molar-refractivity contribution is -0.126. The highest BCUT2D eigenvalue weighted by Gasteiger charge is 2.24. The van der Waals surface area contributed by atoms with Crippen LogP contribution in [0.15, 0.2) is 24.3 Å². The van der Waals surface area contributed by atoms with E-state index in [1.807, 2.05) is 18.2 Å². The second-order valence-electron chi connectivity index (χ2n) is 7.10. The van der Waals surface area contributed by atoms with Crippen molar-refractivity contribution < 1.29 is 4.79 Å². The zero-order valence-electron chi connectivity index (χ0n) is 14.9. The minimum atomic E-state index is 0.144. The van der Waals surface area contributed by atoms with Crippen LogP contribution in [-0.4, -0.2) is 34.6 Å². The van der Waals surface area contributed by atoms with Crippen molar-refractivity contribution in [1.29, 1.82) is 0 Å². The third kappa shape index (κ3) is 3.61. The zero-order chi connectivity index (χ0) is 17.1. The van der Waals surface area contributed by atoms with E-state index >= 15 is 0 Å². The van der Waals surface area contributed by atoms with Crippen LogP contribution in [0.4, 0.5) is 0 Å². The van der Waals surface area contributed by atoms with Crippen molar-refractivity contribution in [2.45, 2.75) is 52.1 Å². The average molecular weight is 328 g/mol. The molecular weight excluding hydrogens is 300 g/mol. The van der Waals surface area contributed by atoms with Gasteiger partial charge in [-0.3, -0.25) is 4.79 Å². The Hall–Kier alpha value is -1.88. The Labute approximate surface area is 143 Å². The number of benzene rings is 1. The van der Waals surface area contributed by atoms with Gasteiger partial charge in [-0.1, -0.05) is 12.1 Å². The van der Waals surface area contributed by atoms with Crippen molar-refractivity contribution in [2.24, 2.45) is 5.92 Å². The number of nitrogens with one attached hydrogen (secondary N) is 2. The lowest BCUT2D eigenvalue weighted by Crippen LogP contribution is -2.42. The fourth-order valence-electron chi connectivity index (χ4n) is 3.66. The maximum Gasteiger partial charge on any atom is 0.223 e. The monoisotopic (exact) mass is 328 g/mol. The van der Waals surface area contributed by atoms with Gasteiger partial charge in [0.2, 0.25) is 5.91 Å². The number of piperidine rings is 1. The lowest BCUT2D eigenvalue weighted by Gasteiger charge is -2.27. The summed E-state index contributed by atoms with van der Waals surface area (Å²) in [6, 6.07) is 9.01. The smallest absolute Gasteiger partial charge is 0.223 e. The summed E-state index contributed by atoms with van der Waals surface area (Å²) < 4.78 is 2.27. The Morgan fingerprint density at radius 2 is 2.21 bits per heavy atom. The summed E-state index contributed by atoms with van der Waals surface area (Å²) in [4.78, 5) is 17.1.